The Bertz CT molecular complexity index is 717. The van der Waals surface area contributed by atoms with Crippen molar-refractivity contribution in [3.05, 3.63) is 52.3 Å². The first-order valence-corrected chi connectivity index (χ1v) is 8.10. The van der Waals surface area contributed by atoms with Gasteiger partial charge in [0.1, 0.15) is 0 Å². The highest BCUT2D eigenvalue weighted by molar-refractivity contribution is 5.92. The highest BCUT2D eigenvalue weighted by Crippen LogP contribution is 2.36. The predicted octanol–water partition coefficient (Wildman–Crippen LogP) is 2.47. The summed E-state index contributed by atoms with van der Waals surface area (Å²) in [6.45, 7) is 6.22. The van der Waals surface area contributed by atoms with Crippen LogP contribution in [0.5, 0.6) is 0 Å². The zero-order valence-electron chi connectivity index (χ0n) is 14.0. The van der Waals surface area contributed by atoms with E-state index >= 15 is 0 Å². The van der Waals surface area contributed by atoms with Gasteiger partial charge in [-0.2, -0.15) is 5.10 Å². The number of carbonyl (C=O) groups is 1. The smallest absolute Gasteiger partial charge is 0.248 e. The Balaban J connectivity index is 1.80. The minimum Gasteiger partial charge on any atom is -0.366 e. The van der Waals surface area contributed by atoms with Crippen LogP contribution in [0.15, 0.2) is 24.3 Å². The molecule has 1 saturated heterocycles. The highest BCUT2D eigenvalue weighted by Gasteiger charge is 2.30. The molecule has 2 N–H and O–H groups in total. The van der Waals surface area contributed by atoms with Crippen molar-refractivity contribution in [2.45, 2.75) is 39.3 Å². The van der Waals surface area contributed by atoms with E-state index < -0.39 is 0 Å². The number of carbonyl (C=O) groups excluding carboxylic acids is 1. The number of likely N-dealkylation sites (tertiary alicyclic amines) is 1. The van der Waals surface area contributed by atoms with E-state index in [0.29, 0.717) is 11.6 Å². The van der Waals surface area contributed by atoms with Crippen molar-refractivity contribution in [2.24, 2.45) is 12.8 Å². The molecule has 1 amide bonds. The molecule has 0 unspecified atom stereocenters. The number of hydrogen-bond acceptors (Lipinski definition) is 3. The van der Waals surface area contributed by atoms with Gasteiger partial charge in [-0.05, 0) is 50.9 Å². The van der Waals surface area contributed by atoms with Crippen molar-refractivity contribution in [3.63, 3.8) is 0 Å². The fourth-order valence-corrected chi connectivity index (χ4v) is 3.62. The maximum absolute atomic E-state index is 11.2. The third-order valence-electron chi connectivity index (χ3n) is 4.89. The average molecular weight is 312 g/mol. The number of hydrogen-bond donors (Lipinski definition) is 1. The SMILES string of the molecule is Cc1nn(C)c(C)c1[C@@H]1CCCN1Cc1ccc(C(N)=O)cc1. The summed E-state index contributed by atoms with van der Waals surface area (Å²) >= 11 is 0. The molecule has 2 aromatic rings. The normalized spacial score (nSPS) is 18.5. The number of nitrogens with two attached hydrogens (primary N) is 1. The van der Waals surface area contributed by atoms with Crippen molar-refractivity contribution < 1.29 is 4.79 Å². The molecule has 5 nitrogen and oxygen atoms in total. The molecule has 5 heteroatoms. The van der Waals surface area contributed by atoms with Crippen LogP contribution < -0.4 is 5.73 Å². The molecule has 1 atom stereocenters. The van der Waals surface area contributed by atoms with Gasteiger partial charge in [-0.1, -0.05) is 12.1 Å². The van der Waals surface area contributed by atoms with Gasteiger partial charge in [0.25, 0.3) is 0 Å². The summed E-state index contributed by atoms with van der Waals surface area (Å²) in [5.74, 6) is -0.378. The second-order valence-corrected chi connectivity index (χ2v) is 6.40. The molecule has 0 spiro atoms. The van der Waals surface area contributed by atoms with Gasteiger partial charge >= 0.3 is 0 Å². The first-order valence-electron chi connectivity index (χ1n) is 8.10. The monoisotopic (exact) mass is 312 g/mol. The second-order valence-electron chi connectivity index (χ2n) is 6.40. The zero-order valence-corrected chi connectivity index (χ0v) is 14.0. The first-order chi connectivity index (χ1) is 11.0. The number of primary amides is 1. The summed E-state index contributed by atoms with van der Waals surface area (Å²) in [5.41, 5.74) is 10.8. The van der Waals surface area contributed by atoms with E-state index in [2.05, 4.69) is 23.8 Å². The first kappa shape index (κ1) is 15.7. The van der Waals surface area contributed by atoms with Gasteiger partial charge in [0, 0.05) is 36.5 Å². The summed E-state index contributed by atoms with van der Waals surface area (Å²) in [7, 11) is 2.01. The van der Waals surface area contributed by atoms with Crippen LogP contribution in [0.3, 0.4) is 0 Å². The molecular weight excluding hydrogens is 288 g/mol. The topological polar surface area (TPSA) is 64.2 Å². The minimum atomic E-state index is -0.378. The Labute approximate surface area is 137 Å². The van der Waals surface area contributed by atoms with Crippen LogP contribution in [0.4, 0.5) is 0 Å². The van der Waals surface area contributed by atoms with Crippen LogP contribution in [0.2, 0.25) is 0 Å². The van der Waals surface area contributed by atoms with Crippen molar-refractivity contribution in [2.75, 3.05) is 6.54 Å². The van der Waals surface area contributed by atoms with E-state index in [1.165, 1.54) is 29.7 Å². The molecule has 2 heterocycles. The van der Waals surface area contributed by atoms with E-state index in [1.807, 2.05) is 36.0 Å². The van der Waals surface area contributed by atoms with Gasteiger partial charge in [0.15, 0.2) is 0 Å². The van der Waals surface area contributed by atoms with Gasteiger partial charge in [-0.25, -0.2) is 0 Å². The van der Waals surface area contributed by atoms with Crippen molar-refractivity contribution in [3.8, 4) is 0 Å². The maximum atomic E-state index is 11.2. The zero-order chi connectivity index (χ0) is 16.6. The molecule has 0 bridgehead atoms. The van der Waals surface area contributed by atoms with Gasteiger partial charge in [-0.3, -0.25) is 14.4 Å². The van der Waals surface area contributed by atoms with Crippen molar-refractivity contribution in [1.29, 1.82) is 0 Å². The van der Waals surface area contributed by atoms with Gasteiger partial charge in [0.05, 0.1) is 5.69 Å². The summed E-state index contributed by atoms with van der Waals surface area (Å²) < 4.78 is 1.98. The molecule has 1 aromatic heterocycles. The second kappa shape index (κ2) is 6.16. The molecule has 23 heavy (non-hydrogen) atoms. The maximum Gasteiger partial charge on any atom is 0.248 e. The quantitative estimate of drug-likeness (QED) is 0.943. The van der Waals surface area contributed by atoms with Crippen LogP contribution >= 0.6 is 0 Å². The van der Waals surface area contributed by atoms with Crippen LogP contribution in [0.1, 0.15) is 51.8 Å². The third-order valence-corrected chi connectivity index (χ3v) is 4.89. The number of rotatable bonds is 4. The molecule has 1 aliphatic rings. The molecule has 0 aliphatic carbocycles. The lowest BCUT2D eigenvalue weighted by Gasteiger charge is -2.25. The Hall–Kier alpha value is -2.14. The third kappa shape index (κ3) is 3.01. The summed E-state index contributed by atoms with van der Waals surface area (Å²) in [6.07, 6.45) is 2.38. The van der Waals surface area contributed by atoms with Crippen molar-refractivity contribution in [1.82, 2.24) is 14.7 Å². The summed E-state index contributed by atoms with van der Waals surface area (Å²) in [5, 5.41) is 4.57. The Morgan fingerprint density at radius 3 is 2.57 bits per heavy atom. The van der Waals surface area contributed by atoms with Gasteiger partial charge in [-0.15, -0.1) is 0 Å². The number of nitrogens with zero attached hydrogens (tertiary/aromatic N) is 3. The van der Waals surface area contributed by atoms with Crippen LogP contribution in [0.25, 0.3) is 0 Å². The Morgan fingerprint density at radius 1 is 1.30 bits per heavy atom. The fourth-order valence-electron chi connectivity index (χ4n) is 3.62. The molecule has 0 saturated carbocycles. The molecule has 1 fully saturated rings. The average Bonchev–Trinajstić information content (AvgIpc) is 3.04. The summed E-state index contributed by atoms with van der Waals surface area (Å²) in [4.78, 5) is 13.7. The minimum absolute atomic E-state index is 0.378. The Kier molecular flexibility index (Phi) is 4.22. The standard InChI is InChI=1S/C18H24N4O/c1-12-17(13(2)21(3)20-12)16-5-4-10-22(16)11-14-6-8-15(9-7-14)18(19)23/h6-9,16H,4-5,10-11H2,1-3H3,(H2,19,23)/t16-/m0/s1. The largest absolute Gasteiger partial charge is 0.366 e. The molecule has 3 rings (SSSR count). The van der Waals surface area contributed by atoms with Gasteiger partial charge in [0.2, 0.25) is 5.91 Å². The highest BCUT2D eigenvalue weighted by atomic mass is 16.1. The molecule has 1 aliphatic heterocycles. The molecule has 1 aromatic carbocycles. The lowest BCUT2D eigenvalue weighted by molar-refractivity contribution is 0.100. The van der Waals surface area contributed by atoms with Crippen LogP contribution in [0, 0.1) is 13.8 Å². The lowest BCUT2D eigenvalue weighted by atomic mass is 10.0. The van der Waals surface area contributed by atoms with Crippen LogP contribution in [-0.2, 0) is 13.6 Å². The van der Waals surface area contributed by atoms with E-state index in [-0.39, 0.29) is 5.91 Å². The summed E-state index contributed by atoms with van der Waals surface area (Å²) in [6, 6.07) is 8.04. The van der Waals surface area contributed by atoms with Gasteiger partial charge < -0.3 is 5.73 Å². The van der Waals surface area contributed by atoms with Crippen LogP contribution in [-0.4, -0.2) is 27.1 Å². The van der Waals surface area contributed by atoms with E-state index in [1.54, 1.807) is 0 Å². The molecule has 0 radical (unpaired) electrons. The molecular formula is C18H24N4O. The number of amides is 1. The Morgan fingerprint density at radius 2 is 2.00 bits per heavy atom. The predicted molar refractivity (Wildman–Crippen MR) is 90.0 cm³/mol. The number of aryl methyl sites for hydroxylation is 2. The number of benzene rings is 1. The fraction of sp³-hybridized carbons (Fsp3) is 0.444. The lowest BCUT2D eigenvalue weighted by Crippen LogP contribution is -2.23. The number of aromatic nitrogens is 2. The van der Waals surface area contributed by atoms with E-state index in [0.717, 1.165) is 18.8 Å². The van der Waals surface area contributed by atoms with E-state index in [4.69, 9.17) is 5.73 Å². The van der Waals surface area contributed by atoms with Crippen molar-refractivity contribution >= 4 is 5.91 Å². The molecule has 122 valence electrons. The van der Waals surface area contributed by atoms with E-state index in [9.17, 15) is 4.79 Å².